The smallest absolute Gasteiger partial charge is 0.374 e. The van der Waals surface area contributed by atoms with Gasteiger partial charge in [0.2, 0.25) is 0 Å². The first kappa shape index (κ1) is 16.6. The van der Waals surface area contributed by atoms with Crippen molar-refractivity contribution in [2.45, 2.75) is 5.51 Å². The molecule has 0 saturated carbocycles. The van der Waals surface area contributed by atoms with E-state index in [1.165, 1.54) is 12.1 Å². The number of aromatic nitrogens is 2. The largest absolute Gasteiger partial charge is 0.534 e. The number of fused-ring (bicyclic) bond motifs is 1. The molecule has 126 valence electrons. The van der Waals surface area contributed by atoms with Crippen LogP contribution in [0.25, 0.3) is 22.4 Å². The molecule has 1 heterocycles. The molecule has 0 aliphatic heterocycles. The van der Waals surface area contributed by atoms with Crippen LogP contribution < -0.4 is 4.18 Å². The molecule has 1 aromatic heterocycles. The number of aromatic amines is 1. The molecule has 0 atom stereocenters. The van der Waals surface area contributed by atoms with Crippen molar-refractivity contribution >= 4 is 32.8 Å². The maximum Gasteiger partial charge on any atom is 0.534 e. The molecule has 0 aliphatic carbocycles. The van der Waals surface area contributed by atoms with Gasteiger partial charge in [-0.1, -0.05) is 23.7 Å². The molecule has 1 N–H and O–H groups in total. The average molecular weight is 377 g/mol. The van der Waals surface area contributed by atoms with Gasteiger partial charge < -0.3 is 9.17 Å². The van der Waals surface area contributed by atoms with Gasteiger partial charge in [-0.2, -0.15) is 21.6 Å². The Bertz CT molecular complexity index is 983. The van der Waals surface area contributed by atoms with Crippen LogP contribution in [0, 0.1) is 0 Å². The predicted octanol–water partition coefficient (Wildman–Crippen LogP) is 4.11. The first-order chi connectivity index (χ1) is 11.2. The minimum absolute atomic E-state index is 0.291. The molecule has 0 bridgehead atoms. The SMILES string of the molecule is O=S(=O)(Oc1ccc(-c2nc3ccccc3[nH]2)cc1Cl)C(F)(F)F. The monoisotopic (exact) mass is 376 g/mol. The van der Waals surface area contributed by atoms with Crippen LogP contribution in [0.4, 0.5) is 13.2 Å². The maximum absolute atomic E-state index is 12.3. The molecule has 2 aromatic carbocycles. The van der Waals surface area contributed by atoms with Gasteiger partial charge in [-0.3, -0.25) is 0 Å². The molecule has 0 unspecified atom stereocenters. The molecule has 0 amide bonds. The molecular weight excluding hydrogens is 369 g/mol. The number of nitrogens with zero attached hydrogens (tertiary/aromatic N) is 1. The fraction of sp³-hybridized carbons (Fsp3) is 0.0714. The number of para-hydroxylation sites is 2. The molecule has 3 aromatic rings. The normalized spacial score (nSPS) is 12.5. The zero-order valence-electron chi connectivity index (χ0n) is 11.6. The second-order valence-electron chi connectivity index (χ2n) is 4.73. The summed E-state index contributed by atoms with van der Waals surface area (Å²) in [5.74, 6) is -0.183. The van der Waals surface area contributed by atoms with Gasteiger partial charge in [0.25, 0.3) is 0 Å². The summed E-state index contributed by atoms with van der Waals surface area (Å²) >= 11 is 5.84. The number of nitrogens with one attached hydrogen (secondary N) is 1. The summed E-state index contributed by atoms with van der Waals surface area (Å²) in [5, 5.41) is -0.291. The standard InChI is InChI=1S/C14H8ClF3N2O3S/c15-9-7-8(13-19-10-3-1-2-4-11(10)20-13)5-6-12(9)23-24(21,22)14(16,17)18/h1-7H,(H,19,20). The highest BCUT2D eigenvalue weighted by Crippen LogP contribution is 2.34. The van der Waals surface area contributed by atoms with Crippen molar-refractivity contribution in [3.8, 4) is 17.1 Å². The molecule has 0 fully saturated rings. The summed E-state index contributed by atoms with van der Waals surface area (Å²) in [6, 6.07) is 10.9. The van der Waals surface area contributed by atoms with E-state index in [0.29, 0.717) is 16.9 Å². The number of halogens is 4. The third-order valence-electron chi connectivity index (χ3n) is 3.08. The lowest BCUT2D eigenvalue weighted by Gasteiger charge is -2.11. The highest BCUT2D eigenvalue weighted by Gasteiger charge is 2.48. The van der Waals surface area contributed by atoms with E-state index < -0.39 is 21.4 Å². The van der Waals surface area contributed by atoms with Gasteiger partial charge >= 0.3 is 15.6 Å². The fourth-order valence-electron chi connectivity index (χ4n) is 1.97. The Labute approximate surface area is 139 Å². The number of alkyl halides is 3. The topological polar surface area (TPSA) is 72.1 Å². The molecule has 0 aliphatic rings. The van der Waals surface area contributed by atoms with Gasteiger partial charge in [-0.15, -0.1) is 0 Å². The third-order valence-corrected chi connectivity index (χ3v) is 4.34. The summed E-state index contributed by atoms with van der Waals surface area (Å²) in [4.78, 5) is 7.34. The van der Waals surface area contributed by atoms with Crippen molar-refractivity contribution in [1.29, 1.82) is 0 Å². The second kappa shape index (κ2) is 5.67. The molecule has 0 radical (unpaired) electrons. The van der Waals surface area contributed by atoms with Gasteiger partial charge in [0, 0.05) is 5.56 Å². The third kappa shape index (κ3) is 3.04. The summed E-state index contributed by atoms with van der Waals surface area (Å²) < 4.78 is 63.1. The Morgan fingerprint density at radius 3 is 2.46 bits per heavy atom. The van der Waals surface area contributed by atoms with E-state index in [2.05, 4.69) is 14.2 Å². The summed E-state index contributed by atoms with van der Waals surface area (Å²) in [5.41, 5.74) is -3.60. The van der Waals surface area contributed by atoms with Crippen molar-refractivity contribution in [3.05, 3.63) is 47.5 Å². The quantitative estimate of drug-likeness (QED) is 0.551. The lowest BCUT2D eigenvalue weighted by atomic mass is 10.2. The summed E-state index contributed by atoms with van der Waals surface area (Å²) in [6.07, 6.45) is 0. The fourth-order valence-corrected chi connectivity index (χ4v) is 2.71. The van der Waals surface area contributed by atoms with E-state index in [1.807, 2.05) is 6.07 Å². The molecule has 24 heavy (non-hydrogen) atoms. The summed E-state index contributed by atoms with van der Waals surface area (Å²) in [6.45, 7) is 0. The Kier molecular flexibility index (Phi) is 3.92. The maximum atomic E-state index is 12.3. The zero-order chi connectivity index (χ0) is 17.5. The molecule has 5 nitrogen and oxygen atoms in total. The molecule has 3 rings (SSSR count). The average Bonchev–Trinajstić information content (AvgIpc) is 2.92. The van der Waals surface area contributed by atoms with Crippen molar-refractivity contribution in [1.82, 2.24) is 9.97 Å². The predicted molar refractivity (Wildman–Crippen MR) is 82.1 cm³/mol. The number of rotatable bonds is 3. The Morgan fingerprint density at radius 1 is 1.12 bits per heavy atom. The Hall–Kier alpha value is -2.26. The highest BCUT2D eigenvalue weighted by atomic mass is 35.5. The lowest BCUT2D eigenvalue weighted by molar-refractivity contribution is -0.0500. The minimum Gasteiger partial charge on any atom is -0.374 e. The van der Waals surface area contributed by atoms with Crippen molar-refractivity contribution < 1.29 is 25.8 Å². The van der Waals surface area contributed by atoms with Crippen molar-refractivity contribution in [2.75, 3.05) is 0 Å². The highest BCUT2D eigenvalue weighted by molar-refractivity contribution is 7.88. The first-order valence-electron chi connectivity index (χ1n) is 6.43. The number of H-pyrrole nitrogens is 1. The van der Waals surface area contributed by atoms with Crippen LogP contribution in [-0.2, 0) is 10.1 Å². The van der Waals surface area contributed by atoms with Gasteiger partial charge in [-0.05, 0) is 30.3 Å². The van der Waals surface area contributed by atoms with E-state index in [0.717, 1.165) is 11.6 Å². The zero-order valence-corrected chi connectivity index (χ0v) is 13.2. The van der Waals surface area contributed by atoms with Crippen LogP contribution in [0.2, 0.25) is 5.02 Å². The van der Waals surface area contributed by atoms with Crippen molar-refractivity contribution in [2.24, 2.45) is 0 Å². The Balaban J connectivity index is 1.95. The molecule has 0 saturated heterocycles. The van der Waals surface area contributed by atoms with E-state index in [4.69, 9.17) is 11.6 Å². The molecule has 10 heteroatoms. The van der Waals surface area contributed by atoms with Crippen LogP contribution >= 0.6 is 11.6 Å². The van der Waals surface area contributed by atoms with E-state index in [-0.39, 0.29) is 5.02 Å². The van der Waals surface area contributed by atoms with Gasteiger partial charge in [0.15, 0.2) is 5.75 Å². The van der Waals surface area contributed by atoms with Crippen LogP contribution in [0.5, 0.6) is 5.75 Å². The number of hydrogen-bond donors (Lipinski definition) is 1. The van der Waals surface area contributed by atoms with Crippen LogP contribution in [-0.4, -0.2) is 23.9 Å². The summed E-state index contributed by atoms with van der Waals surface area (Å²) in [7, 11) is -5.78. The Morgan fingerprint density at radius 2 is 1.83 bits per heavy atom. The second-order valence-corrected chi connectivity index (χ2v) is 6.68. The molecule has 0 spiro atoms. The van der Waals surface area contributed by atoms with Crippen LogP contribution in [0.3, 0.4) is 0 Å². The van der Waals surface area contributed by atoms with Gasteiger partial charge in [-0.25, -0.2) is 4.98 Å². The van der Waals surface area contributed by atoms with Gasteiger partial charge in [0.1, 0.15) is 5.82 Å². The van der Waals surface area contributed by atoms with Crippen molar-refractivity contribution in [3.63, 3.8) is 0 Å². The van der Waals surface area contributed by atoms with Crippen LogP contribution in [0.15, 0.2) is 42.5 Å². The van der Waals surface area contributed by atoms with E-state index in [9.17, 15) is 21.6 Å². The number of imidazole rings is 1. The number of hydrogen-bond acceptors (Lipinski definition) is 4. The first-order valence-corrected chi connectivity index (χ1v) is 8.21. The van der Waals surface area contributed by atoms with Gasteiger partial charge in [0.05, 0.1) is 16.1 Å². The molecular formula is C14H8ClF3N2O3S. The van der Waals surface area contributed by atoms with E-state index >= 15 is 0 Å². The lowest BCUT2D eigenvalue weighted by Crippen LogP contribution is -2.28. The van der Waals surface area contributed by atoms with E-state index in [1.54, 1.807) is 18.2 Å². The van der Waals surface area contributed by atoms with Crippen LogP contribution in [0.1, 0.15) is 0 Å². The number of benzene rings is 2. The minimum atomic E-state index is -5.78.